The van der Waals surface area contributed by atoms with Crippen molar-refractivity contribution in [2.45, 2.75) is 51.6 Å². The van der Waals surface area contributed by atoms with Gasteiger partial charge < -0.3 is 15.0 Å². The Morgan fingerprint density at radius 3 is 2.23 bits per heavy atom. The number of hydrogen-bond acceptors (Lipinski definition) is 5. The van der Waals surface area contributed by atoms with Crippen molar-refractivity contribution in [3.63, 3.8) is 0 Å². The molecule has 3 rings (SSSR count). The second kappa shape index (κ2) is 14.2. The van der Waals surface area contributed by atoms with Crippen molar-refractivity contribution in [2.24, 2.45) is 0 Å². The van der Waals surface area contributed by atoms with Crippen LogP contribution in [0.1, 0.15) is 38.3 Å². The molecule has 0 aromatic heterocycles. The average molecular weight is 586 g/mol. The van der Waals surface area contributed by atoms with Gasteiger partial charge in [0.1, 0.15) is 18.3 Å². The third kappa shape index (κ3) is 7.76. The minimum absolute atomic E-state index is 0.0159. The van der Waals surface area contributed by atoms with Crippen molar-refractivity contribution in [3.05, 3.63) is 88.9 Å². The number of rotatable bonds is 13. The number of nitrogens with zero attached hydrogens (tertiary/aromatic N) is 2. The van der Waals surface area contributed by atoms with Gasteiger partial charge in [-0.05, 0) is 86.8 Å². The number of aryl methyl sites for hydroxylation is 1. The lowest BCUT2D eigenvalue weighted by Gasteiger charge is -2.32. The van der Waals surface area contributed by atoms with E-state index in [-0.39, 0.29) is 23.0 Å². The van der Waals surface area contributed by atoms with Crippen LogP contribution < -0.4 is 14.4 Å². The Labute approximate surface area is 241 Å². The molecule has 0 bridgehead atoms. The third-order valence-corrected chi connectivity index (χ3v) is 8.47. The summed E-state index contributed by atoms with van der Waals surface area (Å²) in [5.41, 5.74) is 2.10. The first-order chi connectivity index (χ1) is 19.1. The highest BCUT2D eigenvalue weighted by atomic mass is 35.5. The van der Waals surface area contributed by atoms with E-state index >= 15 is 0 Å². The van der Waals surface area contributed by atoms with Crippen LogP contribution in [0, 0.1) is 6.92 Å². The summed E-state index contributed by atoms with van der Waals surface area (Å²) < 4.78 is 34.3. The van der Waals surface area contributed by atoms with Crippen LogP contribution >= 0.6 is 11.6 Å². The van der Waals surface area contributed by atoms with Crippen LogP contribution in [-0.2, 0) is 26.2 Å². The minimum atomic E-state index is -4.18. The fourth-order valence-electron chi connectivity index (χ4n) is 4.09. The maximum Gasteiger partial charge on any atom is 0.264 e. The normalized spacial score (nSPS) is 11.9. The van der Waals surface area contributed by atoms with Crippen LogP contribution in [0.15, 0.2) is 77.7 Å². The molecule has 0 heterocycles. The van der Waals surface area contributed by atoms with Crippen LogP contribution in [0.4, 0.5) is 5.69 Å². The quantitative estimate of drug-likeness (QED) is 0.298. The fraction of sp³-hybridized carbons (Fsp3) is 0.333. The molecule has 8 nitrogen and oxygen atoms in total. The number of sulfonamides is 1. The van der Waals surface area contributed by atoms with Crippen molar-refractivity contribution in [3.8, 4) is 5.75 Å². The van der Waals surface area contributed by atoms with Gasteiger partial charge in [0.2, 0.25) is 11.8 Å². The average Bonchev–Trinajstić information content (AvgIpc) is 2.94. The molecule has 1 N–H and O–H groups in total. The number of halogens is 1. The van der Waals surface area contributed by atoms with Gasteiger partial charge in [0.05, 0.1) is 17.2 Å². The highest BCUT2D eigenvalue weighted by molar-refractivity contribution is 7.92. The van der Waals surface area contributed by atoms with Gasteiger partial charge in [-0.3, -0.25) is 13.9 Å². The molecule has 214 valence electrons. The van der Waals surface area contributed by atoms with Crippen molar-refractivity contribution in [2.75, 3.05) is 24.0 Å². The molecule has 0 fully saturated rings. The predicted molar refractivity (Wildman–Crippen MR) is 158 cm³/mol. The van der Waals surface area contributed by atoms with E-state index in [0.717, 1.165) is 21.9 Å². The summed E-state index contributed by atoms with van der Waals surface area (Å²) in [6.07, 6.45) is 0.745. The van der Waals surface area contributed by atoms with Crippen LogP contribution in [0.25, 0.3) is 0 Å². The number of hydrogen-bond donors (Lipinski definition) is 1. The number of carbonyl (C=O) groups excluding carboxylic acids is 2. The molecule has 3 aromatic carbocycles. The lowest BCUT2D eigenvalue weighted by atomic mass is 10.1. The first kappa shape index (κ1) is 31.0. The molecule has 3 aromatic rings. The summed E-state index contributed by atoms with van der Waals surface area (Å²) >= 11 is 6.00. The molecule has 2 amide bonds. The minimum Gasteiger partial charge on any atom is -0.494 e. The molecule has 0 aliphatic heterocycles. The zero-order valence-electron chi connectivity index (χ0n) is 23.3. The number of benzene rings is 3. The van der Waals surface area contributed by atoms with Crippen LogP contribution in [0.5, 0.6) is 5.75 Å². The zero-order chi connectivity index (χ0) is 29.3. The Kier molecular flexibility index (Phi) is 11.0. The number of ether oxygens (including phenoxy) is 1. The maximum atomic E-state index is 14.0. The first-order valence-electron chi connectivity index (χ1n) is 13.2. The highest BCUT2D eigenvalue weighted by Crippen LogP contribution is 2.27. The van der Waals surface area contributed by atoms with Crippen LogP contribution in [-0.4, -0.2) is 50.9 Å². The van der Waals surface area contributed by atoms with Gasteiger partial charge in [0.15, 0.2) is 0 Å². The summed E-state index contributed by atoms with van der Waals surface area (Å²) in [6, 6.07) is 19.0. The highest BCUT2D eigenvalue weighted by Gasteiger charge is 2.32. The summed E-state index contributed by atoms with van der Waals surface area (Å²) in [5.74, 6) is -0.255. The molecule has 0 saturated carbocycles. The molecular weight excluding hydrogens is 550 g/mol. The van der Waals surface area contributed by atoms with Gasteiger partial charge in [-0.25, -0.2) is 8.42 Å². The molecule has 0 aliphatic rings. The number of amides is 2. The fourth-order valence-corrected chi connectivity index (χ4v) is 5.63. The molecule has 1 unspecified atom stereocenters. The van der Waals surface area contributed by atoms with Crippen molar-refractivity contribution in [1.29, 1.82) is 0 Å². The van der Waals surface area contributed by atoms with Gasteiger partial charge in [0, 0.05) is 18.1 Å². The van der Waals surface area contributed by atoms with Gasteiger partial charge in [-0.1, -0.05) is 42.8 Å². The van der Waals surface area contributed by atoms with Crippen LogP contribution in [0.2, 0.25) is 5.02 Å². The van der Waals surface area contributed by atoms with E-state index in [1.165, 1.54) is 29.2 Å². The molecular formula is C30H36ClN3O5S. The molecule has 0 saturated heterocycles. The second-order valence-corrected chi connectivity index (χ2v) is 11.6. The Bertz CT molecular complexity index is 1400. The van der Waals surface area contributed by atoms with Crippen molar-refractivity contribution in [1.82, 2.24) is 10.2 Å². The topological polar surface area (TPSA) is 96.0 Å². The predicted octanol–water partition coefficient (Wildman–Crippen LogP) is 5.19. The first-order valence-corrected chi connectivity index (χ1v) is 15.0. The van der Waals surface area contributed by atoms with E-state index in [1.54, 1.807) is 31.2 Å². The Hall–Kier alpha value is -3.56. The summed E-state index contributed by atoms with van der Waals surface area (Å²) in [6.45, 7) is 7.92. The number of nitrogens with one attached hydrogen (secondary N) is 1. The van der Waals surface area contributed by atoms with Gasteiger partial charge in [-0.15, -0.1) is 0 Å². The Morgan fingerprint density at radius 2 is 1.62 bits per heavy atom. The Morgan fingerprint density at radius 1 is 0.975 bits per heavy atom. The monoisotopic (exact) mass is 585 g/mol. The number of carbonyl (C=O) groups is 2. The summed E-state index contributed by atoms with van der Waals surface area (Å²) in [4.78, 5) is 28.3. The molecule has 0 spiro atoms. The van der Waals surface area contributed by atoms with E-state index < -0.39 is 28.5 Å². The van der Waals surface area contributed by atoms with Crippen molar-refractivity contribution < 1.29 is 22.7 Å². The largest absolute Gasteiger partial charge is 0.494 e. The van der Waals surface area contributed by atoms with E-state index in [2.05, 4.69) is 5.32 Å². The summed E-state index contributed by atoms with van der Waals surface area (Å²) in [7, 11) is -4.18. The number of anilines is 1. The van der Waals surface area contributed by atoms with Crippen molar-refractivity contribution >= 4 is 39.1 Å². The molecule has 0 radical (unpaired) electrons. The zero-order valence-corrected chi connectivity index (χ0v) is 24.8. The van der Waals surface area contributed by atoms with E-state index in [4.69, 9.17) is 16.3 Å². The van der Waals surface area contributed by atoms with Gasteiger partial charge in [-0.2, -0.15) is 0 Å². The maximum absolute atomic E-state index is 14.0. The second-order valence-electron chi connectivity index (χ2n) is 9.31. The lowest BCUT2D eigenvalue weighted by molar-refractivity contribution is -0.139. The van der Waals surface area contributed by atoms with Gasteiger partial charge >= 0.3 is 0 Å². The van der Waals surface area contributed by atoms with Crippen LogP contribution in [0.3, 0.4) is 0 Å². The molecule has 1 atom stereocenters. The standard InChI is InChI=1S/C30H36ClN3O5S/c1-5-19-32-30(36)23(4)33(20-24-10-8-7-9-22(24)3)29(35)21-34(26-13-15-27(16-14-26)39-6-2)40(37,38)28-17-11-25(31)12-18-28/h7-18,23H,5-6,19-21H2,1-4H3,(H,32,36). The van der Waals surface area contributed by atoms with Gasteiger partial charge in [0.25, 0.3) is 10.0 Å². The molecule has 40 heavy (non-hydrogen) atoms. The summed E-state index contributed by atoms with van der Waals surface area (Å²) in [5, 5.41) is 3.23. The Balaban J connectivity index is 2.03. The SMILES string of the molecule is CCCNC(=O)C(C)N(Cc1ccccc1C)C(=O)CN(c1ccc(OCC)cc1)S(=O)(=O)c1ccc(Cl)cc1. The van der Waals surface area contributed by atoms with E-state index in [9.17, 15) is 18.0 Å². The lowest BCUT2D eigenvalue weighted by Crippen LogP contribution is -2.51. The third-order valence-electron chi connectivity index (χ3n) is 6.43. The molecule has 0 aliphatic carbocycles. The van der Waals surface area contributed by atoms with E-state index in [1.807, 2.05) is 45.0 Å². The van der Waals surface area contributed by atoms with E-state index in [0.29, 0.717) is 23.9 Å². The smallest absolute Gasteiger partial charge is 0.264 e. The molecule has 10 heteroatoms.